The van der Waals surface area contributed by atoms with Gasteiger partial charge >= 0.3 is 5.97 Å². The molecule has 0 bridgehead atoms. The lowest BCUT2D eigenvalue weighted by Crippen LogP contribution is -2.40. The van der Waals surface area contributed by atoms with Crippen LogP contribution in [0.4, 0.5) is 4.39 Å². The van der Waals surface area contributed by atoms with Crippen LogP contribution in [0.15, 0.2) is 18.2 Å². The van der Waals surface area contributed by atoms with Crippen molar-refractivity contribution in [2.45, 2.75) is 45.5 Å². The van der Waals surface area contributed by atoms with E-state index in [9.17, 15) is 9.18 Å². The molecule has 0 atom stereocenters. The van der Waals surface area contributed by atoms with Crippen LogP contribution in [0.5, 0.6) is 0 Å². The zero-order chi connectivity index (χ0) is 17.4. The predicted molar refractivity (Wildman–Crippen MR) is 91.6 cm³/mol. The Hall–Kier alpha value is -1.66. The van der Waals surface area contributed by atoms with Crippen molar-refractivity contribution in [3.05, 3.63) is 35.3 Å². The molecule has 1 N–H and O–H groups in total. The summed E-state index contributed by atoms with van der Waals surface area (Å²) in [5, 5.41) is 0.893. The lowest BCUT2D eigenvalue weighted by molar-refractivity contribution is 0.0595. The lowest BCUT2D eigenvalue weighted by Gasteiger charge is -2.36. The number of halogens is 1. The average molecular weight is 337 g/mol. The van der Waals surface area contributed by atoms with Gasteiger partial charge in [-0.05, 0) is 36.3 Å². The summed E-state index contributed by atoms with van der Waals surface area (Å²) in [6.45, 7) is 11.4. The molecule has 2 aromatic rings. The molecule has 1 aromatic heterocycles. The van der Waals surface area contributed by atoms with E-state index >= 15 is 0 Å². The number of aromatic nitrogens is 1. The van der Waals surface area contributed by atoms with E-state index in [0.29, 0.717) is 12.1 Å². The fourth-order valence-corrected chi connectivity index (χ4v) is 2.98. The smallest absolute Gasteiger partial charge is 0.340 e. The summed E-state index contributed by atoms with van der Waals surface area (Å²) in [4.78, 5) is 14.7. The normalized spacial score (nSPS) is 12.7. The molecule has 1 heterocycles. The Morgan fingerprint density at radius 3 is 2.48 bits per heavy atom. The topological polar surface area (TPSA) is 51.3 Å². The highest BCUT2D eigenvalue weighted by Crippen LogP contribution is 2.37. The summed E-state index contributed by atoms with van der Waals surface area (Å²) in [5.41, 5.74) is 1.45. The van der Waals surface area contributed by atoms with Crippen molar-refractivity contribution in [3.63, 3.8) is 0 Å². The maximum Gasteiger partial charge on any atom is 0.340 e. The molecule has 0 aliphatic heterocycles. The highest BCUT2D eigenvalue weighted by Gasteiger charge is 2.37. The number of hydrogen-bond acceptors (Lipinski definition) is 3. The minimum atomic E-state index is -1.85. The molecule has 0 aliphatic carbocycles. The van der Waals surface area contributed by atoms with Crippen molar-refractivity contribution in [3.8, 4) is 0 Å². The van der Waals surface area contributed by atoms with Gasteiger partial charge in [0.25, 0.3) is 0 Å². The highest BCUT2D eigenvalue weighted by molar-refractivity contribution is 6.74. The minimum Gasteiger partial charge on any atom is -0.465 e. The Kier molecular flexibility index (Phi) is 4.68. The molecule has 0 unspecified atom stereocenters. The number of methoxy groups -OCH3 is 1. The molecule has 0 spiro atoms. The zero-order valence-corrected chi connectivity index (χ0v) is 15.5. The quantitative estimate of drug-likeness (QED) is 0.654. The van der Waals surface area contributed by atoms with Gasteiger partial charge in [-0.1, -0.05) is 20.8 Å². The molecule has 2 rings (SSSR count). The number of aromatic amines is 1. The third-order valence-corrected chi connectivity index (χ3v) is 9.04. The number of fused-ring (bicyclic) bond motifs is 1. The van der Waals surface area contributed by atoms with E-state index in [1.165, 1.54) is 19.2 Å². The fraction of sp³-hybridized carbons (Fsp3) is 0.471. The van der Waals surface area contributed by atoms with E-state index in [1.807, 2.05) is 6.07 Å². The van der Waals surface area contributed by atoms with Gasteiger partial charge in [-0.3, -0.25) is 0 Å². The summed E-state index contributed by atoms with van der Waals surface area (Å²) in [6.07, 6.45) is 0. The second kappa shape index (κ2) is 6.09. The van der Waals surface area contributed by atoms with Crippen LogP contribution in [0.25, 0.3) is 10.9 Å². The molecule has 0 saturated heterocycles. The van der Waals surface area contributed by atoms with E-state index in [-0.39, 0.29) is 10.6 Å². The van der Waals surface area contributed by atoms with E-state index in [2.05, 4.69) is 43.6 Å². The molecule has 0 saturated carbocycles. The maximum absolute atomic E-state index is 14.0. The van der Waals surface area contributed by atoms with Crippen LogP contribution in [0, 0.1) is 5.82 Å². The first kappa shape index (κ1) is 17.7. The number of ether oxygens (including phenoxy) is 1. The Morgan fingerprint density at radius 1 is 1.26 bits per heavy atom. The summed E-state index contributed by atoms with van der Waals surface area (Å²) < 4.78 is 24.7. The van der Waals surface area contributed by atoms with Crippen molar-refractivity contribution < 1.29 is 18.3 Å². The van der Waals surface area contributed by atoms with Gasteiger partial charge in [0.15, 0.2) is 8.32 Å². The number of hydrogen-bond donors (Lipinski definition) is 1. The minimum absolute atomic E-state index is 0.0594. The van der Waals surface area contributed by atoms with Crippen LogP contribution >= 0.6 is 0 Å². The Labute approximate surface area is 137 Å². The Bertz CT molecular complexity index is 731. The summed E-state index contributed by atoms with van der Waals surface area (Å²) in [6, 6.07) is 4.70. The zero-order valence-electron chi connectivity index (χ0n) is 14.5. The molecule has 0 fully saturated rings. The van der Waals surface area contributed by atoms with Crippen LogP contribution in [-0.4, -0.2) is 26.4 Å². The number of nitrogens with one attached hydrogen (secondary N) is 1. The Morgan fingerprint density at radius 2 is 1.91 bits per heavy atom. The molecule has 126 valence electrons. The monoisotopic (exact) mass is 337 g/mol. The number of carbonyl (C=O) groups is 1. The number of rotatable bonds is 4. The first-order valence-electron chi connectivity index (χ1n) is 7.58. The van der Waals surface area contributed by atoms with Gasteiger partial charge in [0.1, 0.15) is 5.82 Å². The number of esters is 1. The van der Waals surface area contributed by atoms with Gasteiger partial charge in [-0.25, -0.2) is 9.18 Å². The number of benzene rings is 1. The second-order valence-electron chi connectivity index (χ2n) is 7.25. The lowest BCUT2D eigenvalue weighted by atomic mass is 10.1. The summed E-state index contributed by atoms with van der Waals surface area (Å²) >= 11 is 0. The summed E-state index contributed by atoms with van der Waals surface area (Å²) in [5.74, 6) is -1.27. The first-order valence-corrected chi connectivity index (χ1v) is 10.5. The van der Waals surface area contributed by atoms with Crippen LogP contribution in [-0.2, 0) is 15.8 Å². The highest BCUT2D eigenvalue weighted by atomic mass is 28.4. The van der Waals surface area contributed by atoms with E-state index < -0.39 is 20.1 Å². The van der Waals surface area contributed by atoms with Crippen LogP contribution < -0.4 is 0 Å². The standard InChI is InChI=1S/C17H24FNO3Si/c1-17(2,3)23(5,6)22-10-12-7-11-8-13(16(20)21-4)14(18)9-15(11)19-12/h7-9,19H,10H2,1-6H3. The van der Waals surface area contributed by atoms with Gasteiger partial charge in [0.05, 0.1) is 19.3 Å². The third kappa shape index (κ3) is 3.64. The van der Waals surface area contributed by atoms with Crippen LogP contribution in [0.1, 0.15) is 36.8 Å². The average Bonchev–Trinajstić information content (AvgIpc) is 2.84. The molecule has 1 aromatic carbocycles. The van der Waals surface area contributed by atoms with Crippen molar-refractivity contribution in [2.24, 2.45) is 0 Å². The Balaban J connectivity index is 2.26. The number of carbonyl (C=O) groups excluding carboxylic acids is 1. The van der Waals surface area contributed by atoms with Crippen LogP contribution in [0.3, 0.4) is 0 Å². The van der Waals surface area contributed by atoms with Gasteiger partial charge in [-0.2, -0.15) is 0 Å². The molecular weight excluding hydrogens is 313 g/mol. The summed E-state index contributed by atoms with van der Waals surface area (Å²) in [7, 11) is -0.613. The molecular formula is C17H24FNO3Si. The van der Waals surface area contributed by atoms with E-state index in [4.69, 9.17) is 4.43 Å². The first-order chi connectivity index (χ1) is 10.5. The van der Waals surface area contributed by atoms with Crippen molar-refractivity contribution in [1.82, 2.24) is 4.98 Å². The largest absolute Gasteiger partial charge is 0.465 e. The van der Waals surface area contributed by atoms with Gasteiger partial charge in [0, 0.05) is 16.6 Å². The van der Waals surface area contributed by atoms with E-state index in [0.717, 1.165) is 11.1 Å². The van der Waals surface area contributed by atoms with Crippen molar-refractivity contribution in [1.29, 1.82) is 0 Å². The number of H-pyrrole nitrogens is 1. The second-order valence-corrected chi connectivity index (χ2v) is 12.1. The van der Waals surface area contributed by atoms with Gasteiger partial charge < -0.3 is 14.1 Å². The van der Waals surface area contributed by atoms with Gasteiger partial charge in [-0.15, -0.1) is 0 Å². The van der Waals surface area contributed by atoms with Gasteiger partial charge in [0.2, 0.25) is 0 Å². The maximum atomic E-state index is 14.0. The van der Waals surface area contributed by atoms with Crippen LogP contribution in [0.2, 0.25) is 18.1 Å². The third-order valence-electron chi connectivity index (χ3n) is 4.56. The molecule has 0 amide bonds. The predicted octanol–water partition coefficient (Wildman–Crippen LogP) is 4.62. The molecule has 0 radical (unpaired) electrons. The fourth-order valence-electron chi connectivity index (χ4n) is 2.03. The molecule has 23 heavy (non-hydrogen) atoms. The molecule has 4 nitrogen and oxygen atoms in total. The van der Waals surface area contributed by atoms with Crippen molar-refractivity contribution in [2.75, 3.05) is 7.11 Å². The van der Waals surface area contributed by atoms with E-state index in [1.54, 1.807) is 0 Å². The molecule has 6 heteroatoms. The SMILES string of the molecule is COC(=O)c1cc2cc(CO[Si](C)(C)C(C)(C)C)[nH]c2cc1F. The van der Waals surface area contributed by atoms with Crippen molar-refractivity contribution >= 4 is 25.2 Å². The molecule has 0 aliphatic rings.